The Balaban J connectivity index is 1.35. The van der Waals surface area contributed by atoms with E-state index in [1.807, 2.05) is 30.3 Å². The summed E-state index contributed by atoms with van der Waals surface area (Å²) < 4.78 is 6.86. The summed E-state index contributed by atoms with van der Waals surface area (Å²) in [7, 11) is 0. The Kier molecular flexibility index (Phi) is 5.08. The molecule has 1 fully saturated rings. The van der Waals surface area contributed by atoms with E-state index in [2.05, 4.69) is 42.0 Å². The van der Waals surface area contributed by atoms with Gasteiger partial charge in [-0.25, -0.2) is 0 Å². The van der Waals surface area contributed by atoms with E-state index < -0.39 is 0 Å². The van der Waals surface area contributed by atoms with E-state index in [1.54, 1.807) is 11.3 Å². The fourth-order valence-corrected chi connectivity index (χ4v) is 4.37. The van der Waals surface area contributed by atoms with Crippen LogP contribution in [0.1, 0.15) is 5.89 Å². The first-order valence-corrected chi connectivity index (χ1v) is 9.97. The quantitative estimate of drug-likeness (QED) is 0.597. The van der Waals surface area contributed by atoms with E-state index in [4.69, 9.17) is 16.0 Å². The van der Waals surface area contributed by atoms with Crippen LogP contribution in [-0.4, -0.2) is 41.3 Å². The van der Waals surface area contributed by atoms with Crippen molar-refractivity contribution in [1.29, 1.82) is 0 Å². The number of benzene rings is 1. The molecule has 1 aromatic carbocycles. The van der Waals surface area contributed by atoms with Crippen LogP contribution in [0, 0.1) is 0 Å². The van der Waals surface area contributed by atoms with Gasteiger partial charge < -0.3 is 9.32 Å². The van der Waals surface area contributed by atoms with Gasteiger partial charge in [0.05, 0.1) is 15.2 Å². The number of aromatic nitrogens is 2. The minimum absolute atomic E-state index is 0.586. The first-order chi connectivity index (χ1) is 12.2. The van der Waals surface area contributed by atoms with E-state index in [9.17, 15) is 0 Å². The fraction of sp³-hybridized carbons (Fsp3) is 0.294. The lowest BCUT2D eigenvalue weighted by atomic mass is 10.2. The van der Waals surface area contributed by atoms with Crippen LogP contribution in [0.4, 0.5) is 5.69 Å². The zero-order valence-electron chi connectivity index (χ0n) is 13.4. The van der Waals surface area contributed by atoms with Crippen LogP contribution in [-0.2, 0) is 6.54 Å². The van der Waals surface area contributed by atoms with Gasteiger partial charge in [0.2, 0.25) is 5.89 Å². The monoisotopic (exact) mass is 438 g/mol. The lowest BCUT2D eigenvalue weighted by Crippen LogP contribution is -2.46. The molecule has 8 heteroatoms. The van der Waals surface area contributed by atoms with E-state index in [0.717, 1.165) is 39.9 Å². The Morgan fingerprint density at radius 2 is 1.96 bits per heavy atom. The summed E-state index contributed by atoms with van der Waals surface area (Å²) in [5, 5.41) is 9.12. The fourth-order valence-electron chi connectivity index (χ4n) is 2.87. The minimum atomic E-state index is 0.586. The molecule has 0 N–H and O–H groups in total. The normalized spacial score (nSPS) is 15.7. The van der Waals surface area contributed by atoms with Crippen molar-refractivity contribution in [3.63, 3.8) is 0 Å². The Morgan fingerprint density at radius 3 is 2.68 bits per heavy atom. The van der Waals surface area contributed by atoms with Crippen LogP contribution >= 0.6 is 38.9 Å². The maximum atomic E-state index is 6.09. The Labute approximate surface area is 163 Å². The second-order valence-electron chi connectivity index (χ2n) is 5.85. The van der Waals surface area contributed by atoms with Gasteiger partial charge in [-0.3, -0.25) is 4.90 Å². The Morgan fingerprint density at radius 1 is 1.12 bits per heavy atom. The molecule has 0 amide bonds. The van der Waals surface area contributed by atoms with E-state index in [-0.39, 0.29) is 0 Å². The van der Waals surface area contributed by atoms with Crippen LogP contribution in [0.3, 0.4) is 0 Å². The predicted octanol–water partition coefficient (Wildman–Crippen LogP) is 4.54. The van der Waals surface area contributed by atoms with Crippen molar-refractivity contribution in [2.75, 3.05) is 31.1 Å². The first kappa shape index (κ1) is 17.0. The van der Waals surface area contributed by atoms with Gasteiger partial charge in [0.25, 0.3) is 5.89 Å². The van der Waals surface area contributed by atoms with Gasteiger partial charge in [-0.15, -0.1) is 21.5 Å². The van der Waals surface area contributed by atoms with Crippen molar-refractivity contribution in [3.8, 4) is 10.8 Å². The van der Waals surface area contributed by atoms with Gasteiger partial charge in [0.15, 0.2) is 0 Å². The molecule has 4 rings (SSSR count). The van der Waals surface area contributed by atoms with Gasteiger partial charge in [-0.2, -0.15) is 0 Å². The molecule has 1 aliphatic rings. The summed E-state index contributed by atoms with van der Waals surface area (Å²) in [6, 6.07) is 12.0. The smallest absolute Gasteiger partial charge is 0.257 e. The average Bonchev–Trinajstić information content (AvgIpc) is 3.24. The third-order valence-electron chi connectivity index (χ3n) is 4.16. The maximum Gasteiger partial charge on any atom is 0.257 e. The summed E-state index contributed by atoms with van der Waals surface area (Å²) >= 11 is 11.1. The third-order valence-corrected chi connectivity index (χ3v) is 6.00. The number of nitrogens with zero attached hydrogens (tertiary/aromatic N) is 4. The van der Waals surface area contributed by atoms with Gasteiger partial charge in [-0.1, -0.05) is 17.7 Å². The summed E-state index contributed by atoms with van der Waals surface area (Å²) in [5.74, 6) is 1.25. The van der Waals surface area contributed by atoms with Crippen molar-refractivity contribution in [3.05, 3.63) is 51.1 Å². The molecule has 25 heavy (non-hydrogen) atoms. The highest BCUT2D eigenvalue weighted by molar-refractivity contribution is 9.11. The lowest BCUT2D eigenvalue weighted by molar-refractivity contribution is 0.227. The molecule has 0 unspecified atom stereocenters. The number of anilines is 1. The van der Waals surface area contributed by atoms with Crippen LogP contribution in [0.25, 0.3) is 10.8 Å². The second kappa shape index (κ2) is 7.45. The molecule has 0 saturated carbocycles. The number of piperazine rings is 1. The molecule has 2 aromatic heterocycles. The van der Waals surface area contributed by atoms with Crippen LogP contribution in [0.15, 0.2) is 44.6 Å². The highest BCUT2D eigenvalue weighted by Crippen LogP contribution is 2.30. The summed E-state index contributed by atoms with van der Waals surface area (Å²) in [6.45, 7) is 4.50. The van der Waals surface area contributed by atoms with E-state index in [1.165, 1.54) is 5.69 Å². The van der Waals surface area contributed by atoms with Crippen molar-refractivity contribution in [1.82, 2.24) is 15.1 Å². The molecular weight excluding hydrogens is 424 g/mol. The molecule has 3 aromatic rings. The highest BCUT2D eigenvalue weighted by Gasteiger charge is 2.20. The lowest BCUT2D eigenvalue weighted by Gasteiger charge is -2.35. The summed E-state index contributed by atoms with van der Waals surface area (Å²) in [4.78, 5) is 5.67. The van der Waals surface area contributed by atoms with E-state index in [0.29, 0.717) is 18.3 Å². The second-order valence-corrected chi connectivity index (χ2v) is 8.75. The van der Waals surface area contributed by atoms with Crippen molar-refractivity contribution < 1.29 is 4.42 Å². The topological polar surface area (TPSA) is 45.4 Å². The highest BCUT2D eigenvalue weighted by atomic mass is 79.9. The SMILES string of the molecule is Clc1cccc(N2CCN(Cc3nnc(-c4ccc(Br)s4)o3)CC2)c1. The summed E-state index contributed by atoms with van der Waals surface area (Å²) in [5.41, 5.74) is 1.18. The molecule has 130 valence electrons. The Bertz CT molecular complexity index is 860. The predicted molar refractivity (Wildman–Crippen MR) is 104 cm³/mol. The van der Waals surface area contributed by atoms with Gasteiger partial charge in [-0.05, 0) is 46.3 Å². The number of thiophene rings is 1. The molecule has 1 aliphatic heterocycles. The zero-order chi connectivity index (χ0) is 17.2. The van der Waals surface area contributed by atoms with Crippen molar-refractivity contribution in [2.45, 2.75) is 6.54 Å². The standard InChI is InChI=1S/C17H16BrClN4OS/c18-15-5-4-14(25-15)17-21-20-16(24-17)11-22-6-8-23(9-7-22)13-3-1-2-12(19)10-13/h1-5,10H,6-9,11H2. The first-order valence-electron chi connectivity index (χ1n) is 7.98. The van der Waals surface area contributed by atoms with Crippen LogP contribution in [0.2, 0.25) is 5.02 Å². The zero-order valence-corrected chi connectivity index (χ0v) is 16.5. The molecule has 0 atom stereocenters. The molecule has 0 spiro atoms. The molecular formula is C17H16BrClN4OS. The van der Waals surface area contributed by atoms with E-state index >= 15 is 0 Å². The minimum Gasteiger partial charge on any atom is -0.419 e. The number of hydrogen-bond acceptors (Lipinski definition) is 6. The Hall–Kier alpha value is -1.41. The van der Waals surface area contributed by atoms with Crippen LogP contribution < -0.4 is 4.90 Å². The molecule has 1 saturated heterocycles. The third kappa shape index (κ3) is 4.06. The van der Waals surface area contributed by atoms with Gasteiger partial charge in [0, 0.05) is 36.9 Å². The molecule has 0 bridgehead atoms. The maximum absolute atomic E-state index is 6.09. The molecule has 5 nitrogen and oxygen atoms in total. The molecule has 0 radical (unpaired) electrons. The largest absolute Gasteiger partial charge is 0.419 e. The number of hydrogen-bond donors (Lipinski definition) is 0. The van der Waals surface area contributed by atoms with Crippen molar-refractivity contribution in [2.24, 2.45) is 0 Å². The molecule has 3 heterocycles. The number of rotatable bonds is 4. The molecule has 0 aliphatic carbocycles. The average molecular weight is 440 g/mol. The van der Waals surface area contributed by atoms with Gasteiger partial charge >= 0.3 is 0 Å². The number of halogens is 2. The summed E-state index contributed by atoms with van der Waals surface area (Å²) in [6.07, 6.45) is 0. The van der Waals surface area contributed by atoms with Crippen LogP contribution in [0.5, 0.6) is 0 Å². The van der Waals surface area contributed by atoms with Gasteiger partial charge in [0.1, 0.15) is 0 Å². The van der Waals surface area contributed by atoms with Crippen molar-refractivity contribution >= 4 is 44.6 Å².